The van der Waals surface area contributed by atoms with Crippen LogP contribution in [-0.4, -0.2) is 22.0 Å². The van der Waals surface area contributed by atoms with Crippen LogP contribution in [-0.2, 0) is 14.9 Å². The number of H-pyrrole nitrogens is 1. The molecule has 7 nitrogen and oxygen atoms in total. The number of aromatic amines is 1. The highest BCUT2D eigenvalue weighted by atomic mass is 35.5. The van der Waals surface area contributed by atoms with Gasteiger partial charge in [0, 0.05) is 27.7 Å². The zero-order chi connectivity index (χ0) is 28.0. The summed E-state index contributed by atoms with van der Waals surface area (Å²) in [5.74, 6) is 0.651. The van der Waals surface area contributed by atoms with Gasteiger partial charge < -0.3 is 14.2 Å². The maximum Gasteiger partial charge on any atom is 0.412 e. The van der Waals surface area contributed by atoms with Gasteiger partial charge in [0.15, 0.2) is 5.76 Å². The number of amides is 1. The van der Waals surface area contributed by atoms with Gasteiger partial charge in [-0.05, 0) is 68.5 Å². The van der Waals surface area contributed by atoms with Gasteiger partial charge in [-0.1, -0.05) is 65.3 Å². The van der Waals surface area contributed by atoms with E-state index in [9.17, 15) is 9.59 Å². The number of hydrogen-bond donors (Lipinski definition) is 2. The minimum atomic E-state index is -0.640. The molecule has 1 saturated carbocycles. The average molecular weight is 554 g/mol. The molecule has 40 heavy (non-hydrogen) atoms. The molecule has 0 radical (unpaired) electrons. The van der Waals surface area contributed by atoms with Crippen LogP contribution < -0.4 is 5.32 Å². The number of anilines is 1. The second-order valence-corrected chi connectivity index (χ2v) is 10.7. The third-order valence-electron chi connectivity index (χ3n) is 7.86. The fourth-order valence-electron chi connectivity index (χ4n) is 5.40. The van der Waals surface area contributed by atoms with E-state index in [0.29, 0.717) is 27.7 Å². The number of aryl methyl sites for hydroxylation is 1. The molecule has 2 aromatic heterocycles. The summed E-state index contributed by atoms with van der Waals surface area (Å²) < 4.78 is 11.3. The van der Waals surface area contributed by atoms with E-state index in [-0.39, 0.29) is 11.2 Å². The van der Waals surface area contributed by atoms with Gasteiger partial charge in [-0.2, -0.15) is 0 Å². The molecule has 0 aliphatic heterocycles. The molecule has 6 rings (SSSR count). The molecule has 0 bridgehead atoms. The van der Waals surface area contributed by atoms with E-state index < -0.39 is 12.2 Å². The maximum atomic E-state index is 12.9. The van der Waals surface area contributed by atoms with E-state index in [0.717, 1.165) is 46.0 Å². The predicted molar refractivity (Wildman–Crippen MR) is 156 cm³/mol. The Morgan fingerprint density at radius 2 is 1.77 bits per heavy atom. The minimum absolute atomic E-state index is 0.228. The lowest BCUT2D eigenvalue weighted by Gasteiger charge is -2.15. The van der Waals surface area contributed by atoms with Gasteiger partial charge in [-0.3, -0.25) is 10.1 Å². The summed E-state index contributed by atoms with van der Waals surface area (Å²) in [7, 11) is 0. The van der Waals surface area contributed by atoms with E-state index in [2.05, 4.69) is 39.7 Å². The lowest BCUT2D eigenvalue weighted by Crippen LogP contribution is -2.17. The number of halogens is 1. The molecule has 2 heterocycles. The summed E-state index contributed by atoms with van der Waals surface area (Å²) in [6.07, 6.45) is 2.51. The number of rotatable bonds is 7. The van der Waals surface area contributed by atoms with Crippen molar-refractivity contribution >= 4 is 40.1 Å². The Morgan fingerprint density at radius 1 is 1.05 bits per heavy atom. The van der Waals surface area contributed by atoms with Crippen molar-refractivity contribution in [3.8, 4) is 22.5 Å². The molecule has 1 amide bonds. The molecule has 0 spiro atoms. The third-order valence-corrected chi connectivity index (χ3v) is 8.20. The van der Waals surface area contributed by atoms with Gasteiger partial charge in [0.05, 0.1) is 10.9 Å². The van der Waals surface area contributed by atoms with Crippen molar-refractivity contribution in [3.63, 3.8) is 0 Å². The number of benzene rings is 3. The number of hydrogen-bond acceptors (Lipinski definition) is 5. The van der Waals surface area contributed by atoms with Crippen molar-refractivity contribution in [2.45, 2.75) is 45.1 Å². The maximum absolute atomic E-state index is 12.9. The molecule has 0 saturated heterocycles. The first kappa shape index (κ1) is 25.9. The van der Waals surface area contributed by atoms with Crippen LogP contribution in [0.4, 0.5) is 10.5 Å². The van der Waals surface area contributed by atoms with Crippen molar-refractivity contribution in [1.82, 2.24) is 10.1 Å². The van der Waals surface area contributed by atoms with Crippen molar-refractivity contribution in [2.24, 2.45) is 0 Å². The molecule has 3 aromatic carbocycles. The lowest BCUT2D eigenvalue weighted by atomic mass is 9.90. The lowest BCUT2D eigenvalue weighted by molar-refractivity contribution is -0.119. The highest BCUT2D eigenvalue weighted by Gasteiger charge is 2.48. The van der Waals surface area contributed by atoms with Crippen LogP contribution >= 0.6 is 11.6 Å². The van der Waals surface area contributed by atoms with Gasteiger partial charge in [0.1, 0.15) is 23.3 Å². The van der Waals surface area contributed by atoms with Crippen LogP contribution in [0.1, 0.15) is 49.6 Å². The Hall–Kier alpha value is -4.36. The van der Waals surface area contributed by atoms with Crippen LogP contribution in [0.5, 0.6) is 0 Å². The number of fused-ring (bicyclic) bond motifs is 1. The van der Waals surface area contributed by atoms with Crippen molar-refractivity contribution in [3.05, 3.63) is 94.8 Å². The number of nitrogens with one attached hydrogen (secondary N) is 2. The van der Waals surface area contributed by atoms with Gasteiger partial charge in [-0.15, -0.1) is 0 Å². The Morgan fingerprint density at radius 3 is 2.48 bits per heavy atom. The zero-order valence-electron chi connectivity index (χ0n) is 22.4. The molecule has 1 unspecified atom stereocenters. The number of aromatic nitrogens is 2. The van der Waals surface area contributed by atoms with Crippen molar-refractivity contribution in [2.75, 3.05) is 5.32 Å². The third kappa shape index (κ3) is 4.46. The first-order valence-electron chi connectivity index (χ1n) is 13.2. The van der Waals surface area contributed by atoms with Crippen LogP contribution in [0.25, 0.3) is 33.4 Å². The number of ether oxygens (including phenoxy) is 1. The molecule has 1 aliphatic carbocycles. The van der Waals surface area contributed by atoms with Gasteiger partial charge in [-0.25, -0.2) is 4.79 Å². The number of carbonyl (C=O) groups excluding carboxylic acids is 2. The van der Waals surface area contributed by atoms with E-state index >= 15 is 0 Å². The van der Waals surface area contributed by atoms with E-state index in [1.165, 1.54) is 0 Å². The summed E-state index contributed by atoms with van der Waals surface area (Å²) in [6, 6.07) is 21.5. The summed E-state index contributed by atoms with van der Waals surface area (Å²) in [6.45, 7) is 5.20. The molecule has 1 atom stereocenters. The van der Waals surface area contributed by atoms with E-state index in [4.69, 9.17) is 20.9 Å². The topological polar surface area (TPSA) is 97.2 Å². The average Bonchev–Trinajstić information content (AvgIpc) is 3.49. The molecule has 8 heteroatoms. The second kappa shape index (κ2) is 9.99. The summed E-state index contributed by atoms with van der Waals surface area (Å²) in [5.41, 5.74) is 6.14. The van der Waals surface area contributed by atoms with E-state index in [1.807, 2.05) is 42.6 Å². The fourth-order valence-corrected chi connectivity index (χ4v) is 5.69. The largest absolute Gasteiger partial charge is 0.441 e. The number of nitrogens with zero attached hydrogens (tertiary/aromatic N) is 1. The van der Waals surface area contributed by atoms with Crippen LogP contribution in [0, 0.1) is 6.92 Å². The first-order valence-corrected chi connectivity index (χ1v) is 13.6. The molecule has 202 valence electrons. The van der Waals surface area contributed by atoms with Gasteiger partial charge in [0.2, 0.25) is 0 Å². The molecule has 5 aromatic rings. The smallest absolute Gasteiger partial charge is 0.412 e. The molecule has 2 N–H and O–H groups in total. The number of carbonyl (C=O) groups is 2. The quantitative estimate of drug-likeness (QED) is 0.211. The predicted octanol–water partition coefficient (Wildman–Crippen LogP) is 8.38. The van der Waals surface area contributed by atoms with Crippen molar-refractivity contribution < 1.29 is 18.8 Å². The van der Waals surface area contributed by atoms with Crippen LogP contribution in [0.2, 0.25) is 5.02 Å². The van der Waals surface area contributed by atoms with Crippen LogP contribution in [0.15, 0.2) is 77.4 Å². The number of ketones is 1. The molecule has 1 aliphatic rings. The molecular weight excluding hydrogens is 526 g/mol. The highest BCUT2D eigenvalue weighted by Crippen LogP contribution is 2.49. The summed E-state index contributed by atoms with van der Waals surface area (Å²) >= 11 is 6.27. The Balaban J connectivity index is 1.28. The summed E-state index contributed by atoms with van der Waals surface area (Å²) in [4.78, 5) is 28.3. The Bertz CT molecular complexity index is 1750. The van der Waals surface area contributed by atoms with E-state index in [1.54, 1.807) is 26.8 Å². The molecular formula is C32H28ClN3O4. The summed E-state index contributed by atoms with van der Waals surface area (Å²) in [5, 5.41) is 8.45. The van der Waals surface area contributed by atoms with Gasteiger partial charge >= 0.3 is 6.09 Å². The highest BCUT2D eigenvalue weighted by molar-refractivity contribution is 6.31. The SMILES string of the molecule is CC(=O)C1(c2ccc(-c3ccc(-c4onc(C)c4NC(=O)OC(C)c4ccccc4Cl)c4[nH]ccc34)cc2)CC1. The fraction of sp³-hybridized carbons (Fsp3) is 0.219. The van der Waals surface area contributed by atoms with Crippen LogP contribution in [0.3, 0.4) is 0 Å². The molecule has 1 fully saturated rings. The monoisotopic (exact) mass is 553 g/mol. The zero-order valence-corrected chi connectivity index (χ0v) is 23.1. The Kier molecular flexibility index (Phi) is 6.47. The van der Waals surface area contributed by atoms with Gasteiger partial charge in [0.25, 0.3) is 0 Å². The Labute approximate surface area is 236 Å². The first-order chi connectivity index (χ1) is 19.3. The normalized spacial score (nSPS) is 14.6. The standard InChI is InChI=1S/C32H28ClN3O4/c1-18-28(35-31(38)39-19(2)23-6-4-5-7-27(23)33)30(40-36-18)26-13-12-24(25-14-17-34-29(25)26)21-8-10-22(11-9-21)32(15-16-32)20(3)37/h4-14,17,19,34H,15-16H2,1-3H3,(H,35,38). The minimum Gasteiger partial charge on any atom is -0.441 e. The number of Topliss-reactive ketones (excluding diaryl/α,β-unsaturated/α-hetero) is 1. The second-order valence-electron chi connectivity index (χ2n) is 10.3. The van der Waals surface area contributed by atoms with Crippen molar-refractivity contribution in [1.29, 1.82) is 0 Å².